The second-order valence-electron chi connectivity index (χ2n) is 7.10. The summed E-state index contributed by atoms with van der Waals surface area (Å²) in [5, 5.41) is 1.20. The van der Waals surface area contributed by atoms with Crippen LogP contribution in [0.5, 0.6) is 0 Å². The first-order chi connectivity index (χ1) is 13.5. The molecular weight excluding hydrogens is 354 g/mol. The minimum Gasteiger partial charge on any atom is -0.361 e. The maximum absolute atomic E-state index is 12.9. The van der Waals surface area contributed by atoms with Crippen LogP contribution < -0.4 is 4.99 Å². The molecular formula is C21H24N5O2+. The number of imide groups is 1. The van der Waals surface area contributed by atoms with E-state index in [2.05, 4.69) is 22.1 Å². The number of aromatic nitrogens is 1. The zero-order chi connectivity index (χ0) is 19.8. The van der Waals surface area contributed by atoms with Crippen LogP contribution in [0.15, 0.2) is 47.2 Å². The number of fused-ring (bicyclic) bond motifs is 2. The number of hydrogen-bond donors (Lipinski definition) is 2. The fraction of sp³-hybridized carbons (Fsp3) is 0.333. The van der Waals surface area contributed by atoms with Crippen molar-refractivity contribution in [2.45, 2.75) is 19.8 Å². The largest absolute Gasteiger partial charge is 0.417 e. The van der Waals surface area contributed by atoms with Gasteiger partial charge in [-0.25, -0.2) is 14.7 Å². The van der Waals surface area contributed by atoms with Crippen molar-refractivity contribution < 1.29 is 14.6 Å². The molecule has 2 aromatic rings. The Kier molecular flexibility index (Phi) is 4.58. The number of nitrogens with one attached hydrogen (secondary N) is 2. The van der Waals surface area contributed by atoms with Crippen molar-refractivity contribution in [1.29, 1.82) is 0 Å². The van der Waals surface area contributed by atoms with Gasteiger partial charge in [-0.3, -0.25) is 9.79 Å². The van der Waals surface area contributed by atoms with E-state index < -0.39 is 5.92 Å². The van der Waals surface area contributed by atoms with Gasteiger partial charge in [0.1, 0.15) is 0 Å². The Morgan fingerprint density at radius 2 is 1.96 bits per heavy atom. The highest BCUT2D eigenvalue weighted by Crippen LogP contribution is 2.23. The maximum atomic E-state index is 12.9. The van der Waals surface area contributed by atoms with Crippen LogP contribution in [0.2, 0.25) is 0 Å². The third-order valence-corrected chi connectivity index (χ3v) is 5.50. The monoisotopic (exact) mass is 378 g/mol. The standard InChI is InChI=1S/C21H23N5O2/c1-4-13-11-24-19-17(20(27)26(3)21(28)25(19)2)18(13)22-10-9-14-12-23-16-8-6-5-7-15(14)16/h5-8,11-12,17,23H,4,9-10H2,1-3H3/p+1. The summed E-state index contributed by atoms with van der Waals surface area (Å²) in [7, 11) is 3.19. The summed E-state index contributed by atoms with van der Waals surface area (Å²) in [6.07, 6.45) is 5.42. The normalized spacial score (nSPS) is 21.2. The van der Waals surface area contributed by atoms with Crippen LogP contribution in [-0.4, -0.2) is 58.9 Å². The van der Waals surface area contributed by atoms with Crippen molar-refractivity contribution in [3.63, 3.8) is 0 Å². The molecule has 1 aromatic heterocycles. The van der Waals surface area contributed by atoms with E-state index in [1.807, 2.05) is 31.5 Å². The summed E-state index contributed by atoms with van der Waals surface area (Å²) in [4.78, 5) is 39.0. The molecule has 1 atom stereocenters. The zero-order valence-electron chi connectivity index (χ0n) is 16.3. The number of carbonyl (C=O) groups is 2. The molecule has 1 unspecified atom stereocenters. The van der Waals surface area contributed by atoms with Crippen molar-refractivity contribution in [1.82, 2.24) is 14.8 Å². The summed E-state index contributed by atoms with van der Waals surface area (Å²) in [5.74, 6) is -0.220. The first-order valence-electron chi connectivity index (χ1n) is 9.50. The molecule has 1 fully saturated rings. The van der Waals surface area contributed by atoms with E-state index in [-0.39, 0.29) is 11.9 Å². The Balaban J connectivity index is 1.63. The number of nitrogens with zero attached hydrogens (tertiary/aromatic N) is 3. The minimum atomic E-state index is -0.560. The molecule has 0 saturated carbocycles. The Hall–Kier alpha value is -3.22. The molecule has 0 bridgehead atoms. The number of amidine groups is 1. The average Bonchev–Trinajstić information content (AvgIpc) is 3.13. The van der Waals surface area contributed by atoms with Gasteiger partial charge < -0.3 is 4.98 Å². The van der Waals surface area contributed by atoms with Crippen molar-refractivity contribution in [3.05, 3.63) is 47.8 Å². The van der Waals surface area contributed by atoms with Gasteiger partial charge in [0.05, 0.1) is 19.0 Å². The molecule has 2 aliphatic heterocycles. The van der Waals surface area contributed by atoms with Gasteiger partial charge in [0.25, 0.3) is 11.7 Å². The van der Waals surface area contributed by atoms with Crippen LogP contribution in [0.25, 0.3) is 10.9 Å². The van der Waals surface area contributed by atoms with Gasteiger partial charge in [0.2, 0.25) is 0 Å². The Bertz CT molecular complexity index is 1050. The highest BCUT2D eigenvalue weighted by atomic mass is 16.2. The predicted molar refractivity (Wildman–Crippen MR) is 108 cm³/mol. The first-order valence-corrected chi connectivity index (χ1v) is 9.50. The Morgan fingerprint density at radius 3 is 2.75 bits per heavy atom. The van der Waals surface area contributed by atoms with Crippen LogP contribution in [0.1, 0.15) is 18.9 Å². The number of para-hydroxylation sites is 1. The Labute approximate surface area is 163 Å². The quantitative estimate of drug-likeness (QED) is 0.835. The summed E-state index contributed by atoms with van der Waals surface area (Å²) < 4.78 is 0. The molecule has 2 aliphatic rings. The van der Waals surface area contributed by atoms with Crippen molar-refractivity contribution in [2.24, 2.45) is 10.9 Å². The lowest BCUT2D eigenvalue weighted by atomic mass is 9.89. The number of amides is 3. The number of allylic oxidation sites excluding steroid dienone is 1. The number of carbonyl (C=O) groups excluding carboxylic acids is 2. The second-order valence-corrected chi connectivity index (χ2v) is 7.10. The molecule has 3 heterocycles. The first kappa shape index (κ1) is 18.2. The van der Waals surface area contributed by atoms with E-state index in [1.165, 1.54) is 27.8 Å². The lowest BCUT2D eigenvalue weighted by molar-refractivity contribution is -0.383. The van der Waals surface area contributed by atoms with Crippen LogP contribution in [0.3, 0.4) is 0 Å². The number of rotatable bonds is 4. The highest BCUT2D eigenvalue weighted by Gasteiger charge is 2.50. The van der Waals surface area contributed by atoms with E-state index in [0.717, 1.165) is 29.6 Å². The summed E-state index contributed by atoms with van der Waals surface area (Å²) in [6.45, 7) is 2.62. The smallest absolute Gasteiger partial charge is 0.361 e. The topological polar surface area (TPSA) is 82.7 Å². The van der Waals surface area contributed by atoms with E-state index in [4.69, 9.17) is 4.99 Å². The summed E-state index contributed by atoms with van der Waals surface area (Å²) in [6, 6.07) is 7.86. The fourth-order valence-corrected chi connectivity index (χ4v) is 3.88. The third kappa shape index (κ3) is 2.83. The highest BCUT2D eigenvalue weighted by molar-refractivity contribution is 6.31. The lowest BCUT2D eigenvalue weighted by Gasteiger charge is -2.32. The number of H-pyrrole nitrogens is 1. The van der Waals surface area contributed by atoms with Gasteiger partial charge in [0, 0.05) is 36.3 Å². The number of urea groups is 1. The van der Waals surface area contributed by atoms with Crippen LogP contribution in [0, 0.1) is 5.92 Å². The number of hydrogen-bond acceptors (Lipinski definition) is 3. The van der Waals surface area contributed by atoms with Gasteiger partial charge in [-0.05, 0) is 24.5 Å². The summed E-state index contributed by atoms with van der Waals surface area (Å²) in [5.41, 5.74) is 4.07. The molecule has 0 radical (unpaired) electrons. The number of aliphatic imine (C=N–C) groups is 1. The van der Waals surface area contributed by atoms with Gasteiger partial charge in [-0.2, -0.15) is 4.90 Å². The van der Waals surface area contributed by atoms with Crippen molar-refractivity contribution >= 4 is 34.4 Å². The van der Waals surface area contributed by atoms with E-state index in [1.54, 1.807) is 7.05 Å². The molecule has 2 N–H and O–H groups in total. The molecule has 0 aliphatic carbocycles. The Morgan fingerprint density at radius 1 is 1.18 bits per heavy atom. The van der Waals surface area contributed by atoms with Crippen molar-refractivity contribution in [3.8, 4) is 0 Å². The lowest BCUT2D eigenvalue weighted by Crippen LogP contribution is -2.80. The van der Waals surface area contributed by atoms with Gasteiger partial charge in [-0.15, -0.1) is 0 Å². The molecule has 28 heavy (non-hydrogen) atoms. The van der Waals surface area contributed by atoms with Gasteiger partial charge >= 0.3 is 6.03 Å². The van der Waals surface area contributed by atoms with Gasteiger partial charge in [0.15, 0.2) is 5.92 Å². The van der Waals surface area contributed by atoms with E-state index in [0.29, 0.717) is 12.4 Å². The SMILES string of the molecule is CCC1=C[NH+]=C2C(C(=O)N(C)C(=O)N2C)C1=NCCc1c[nH]c2ccccc12. The average molecular weight is 378 g/mol. The zero-order valence-corrected chi connectivity index (χ0v) is 16.3. The molecule has 1 aromatic carbocycles. The van der Waals surface area contributed by atoms with Crippen LogP contribution in [-0.2, 0) is 11.2 Å². The molecule has 3 amide bonds. The number of aromatic amines is 1. The van der Waals surface area contributed by atoms with Crippen molar-refractivity contribution in [2.75, 3.05) is 20.6 Å². The third-order valence-electron chi connectivity index (χ3n) is 5.50. The molecule has 4 rings (SSSR count). The van der Waals surface area contributed by atoms with Gasteiger partial charge in [-0.1, -0.05) is 25.1 Å². The number of benzene rings is 1. The summed E-state index contributed by atoms with van der Waals surface area (Å²) >= 11 is 0. The molecule has 144 valence electrons. The minimum absolute atomic E-state index is 0.240. The van der Waals surface area contributed by atoms with Crippen LogP contribution in [0.4, 0.5) is 4.79 Å². The van der Waals surface area contributed by atoms with E-state index >= 15 is 0 Å². The predicted octanol–water partition coefficient (Wildman–Crippen LogP) is 1.08. The molecule has 7 heteroatoms. The second kappa shape index (κ2) is 7.07. The fourth-order valence-electron chi connectivity index (χ4n) is 3.88. The molecule has 0 spiro atoms. The molecule has 1 saturated heterocycles. The molecule has 7 nitrogen and oxygen atoms in total. The van der Waals surface area contributed by atoms with Crippen LogP contribution >= 0.6 is 0 Å². The van der Waals surface area contributed by atoms with E-state index in [9.17, 15) is 9.59 Å². The maximum Gasteiger partial charge on any atom is 0.417 e.